The minimum absolute atomic E-state index is 0.0107. The highest BCUT2D eigenvalue weighted by Crippen LogP contribution is 2.10. The van der Waals surface area contributed by atoms with Crippen LogP contribution in [-0.4, -0.2) is 18.4 Å². The fourth-order valence-corrected chi connectivity index (χ4v) is 1.05. The van der Waals surface area contributed by atoms with Crippen LogP contribution in [0.4, 0.5) is 4.39 Å². The smallest absolute Gasteiger partial charge is 0.379 e. The summed E-state index contributed by atoms with van der Waals surface area (Å²) in [5.74, 6) is -2.29. The molecule has 0 radical (unpaired) electrons. The van der Waals surface area contributed by atoms with Crippen molar-refractivity contribution in [3.05, 3.63) is 35.1 Å². The SMILES string of the molecule is CCOC(=O)C(=O)c1ccc(C)c(F)c1. The topological polar surface area (TPSA) is 43.4 Å². The second-order valence-electron chi connectivity index (χ2n) is 3.01. The summed E-state index contributed by atoms with van der Waals surface area (Å²) in [6.45, 7) is 3.30. The zero-order valence-electron chi connectivity index (χ0n) is 8.54. The summed E-state index contributed by atoms with van der Waals surface area (Å²) >= 11 is 0. The fourth-order valence-electron chi connectivity index (χ4n) is 1.05. The van der Waals surface area contributed by atoms with Crippen LogP contribution < -0.4 is 0 Å². The second kappa shape index (κ2) is 4.68. The number of Topliss-reactive ketones (excluding diaryl/α,β-unsaturated/α-hetero) is 1. The van der Waals surface area contributed by atoms with Crippen molar-refractivity contribution in [1.29, 1.82) is 0 Å². The number of rotatable bonds is 3. The van der Waals surface area contributed by atoms with Crippen LogP contribution in [-0.2, 0) is 9.53 Å². The number of ether oxygens (including phenoxy) is 1. The molecule has 0 bridgehead atoms. The molecule has 15 heavy (non-hydrogen) atoms. The zero-order chi connectivity index (χ0) is 11.4. The molecule has 4 heteroatoms. The Bertz CT molecular complexity index is 399. The molecule has 0 aliphatic rings. The summed E-state index contributed by atoms with van der Waals surface area (Å²) in [4.78, 5) is 22.4. The quantitative estimate of drug-likeness (QED) is 0.434. The summed E-state index contributed by atoms with van der Waals surface area (Å²) in [7, 11) is 0. The molecule has 1 aromatic carbocycles. The van der Waals surface area contributed by atoms with Gasteiger partial charge in [-0.3, -0.25) is 4.79 Å². The molecule has 0 N–H and O–H groups in total. The maximum absolute atomic E-state index is 13.1. The van der Waals surface area contributed by atoms with Crippen LogP contribution in [0.5, 0.6) is 0 Å². The Labute approximate surface area is 86.9 Å². The van der Waals surface area contributed by atoms with Crippen molar-refractivity contribution in [3.8, 4) is 0 Å². The van der Waals surface area contributed by atoms with Gasteiger partial charge in [-0.05, 0) is 25.5 Å². The molecule has 3 nitrogen and oxygen atoms in total. The Kier molecular flexibility index (Phi) is 3.55. The highest BCUT2D eigenvalue weighted by Gasteiger charge is 2.18. The van der Waals surface area contributed by atoms with Gasteiger partial charge >= 0.3 is 5.97 Å². The van der Waals surface area contributed by atoms with Crippen molar-refractivity contribution >= 4 is 11.8 Å². The number of aryl methyl sites for hydroxylation is 1. The van der Waals surface area contributed by atoms with Crippen LogP contribution in [0.25, 0.3) is 0 Å². The average molecular weight is 210 g/mol. The van der Waals surface area contributed by atoms with E-state index in [1.807, 2.05) is 0 Å². The Hall–Kier alpha value is -1.71. The standard InChI is InChI=1S/C11H11FO3/c1-3-15-11(14)10(13)8-5-4-7(2)9(12)6-8/h4-6H,3H2,1-2H3. The van der Waals surface area contributed by atoms with Crippen LogP contribution in [0, 0.1) is 12.7 Å². The van der Waals surface area contributed by atoms with Gasteiger partial charge in [0, 0.05) is 5.56 Å². The van der Waals surface area contributed by atoms with Gasteiger partial charge in [-0.2, -0.15) is 0 Å². The lowest BCUT2D eigenvalue weighted by atomic mass is 10.1. The first-order valence-corrected chi connectivity index (χ1v) is 4.54. The summed E-state index contributed by atoms with van der Waals surface area (Å²) in [6.07, 6.45) is 0. The van der Waals surface area contributed by atoms with Crippen molar-refractivity contribution in [2.75, 3.05) is 6.61 Å². The van der Waals surface area contributed by atoms with Gasteiger partial charge in [0.15, 0.2) is 0 Å². The lowest BCUT2D eigenvalue weighted by Gasteiger charge is -2.02. The Morgan fingerprint density at radius 1 is 1.40 bits per heavy atom. The number of hydrogen-bond acceptors (Lipinski definition) is 3. The van der Waals surface area contributed by atoms with E-state index in [1.54, 1.807) is 13.8 Å². The summed E-state index contributed by atoms with van der Waals surface area (Å²) in [6, 6.07) is 3.88. The van der Waals surface area contributed by atoms with Gasteiger partial charge in [0.1, 0.15) is 5.82 Å². The molecular formula is C11H11FO3. The van der Waals surface area contributed by atoms with Gasteiger partial charge in [0.05, 0.1) is 6.61 Å². The largest absolute Gasteiger partial charge is 0.460 e. The number of ketones is 1. The number of carbonyl (C=O) groups is 2. The highest BCUT2D eigenvalue weighted by atomic mass is 19.1. The third-order valence-electron chi connectivity index (χ3n) is 1.89. The van der Waals surface area contributed by atoms with Crippen LogP contribution >= 0.6 is 0 Å². The van der Waals surface area contributed by atoms with E-state index in [-0.39, 0.29) is 12.2 Å². The fraction of sp³-hybridized carbons (Fsp3) is 0.273. The lowest BCUT2D eigenvalue weighted by molar-refractivity contribution is -0.137. The number of esters is 1. The second-order valence-corrected chi connectivity index (χ2v) is 3.01. The van der Waals surface area contributed by atoms with Gasteiger partial charge in [-0.1, -0.05) is 12.1 Å². The van der Waals surface area contributed by atoms with Crippen molar-refractivity contribution in [1.82, 2.24) is 0 Å². The van der Waals surface area contributed by atoms with Crippen LogP contribution in [0.15, 0.2) is 18.2 Å². The summed E-state index contributed by atoms with van der Waals surface area (Å²) < 4.78 is 17.6. The van der Waals surface area contributed by atoms with E-state index in [9.17, 15) is 14.0 Å². The van der Waals surface area contributed by atoms with E-state index >= 15 is 0 Å². The van der Waals surface area contributed by atoms with Crippen molar-refractivity contribution < 1.29 is 18.7 Å². The minimum Gasteiger partial charge on any atom is -0.460 e. The third-order valence-corrected chi connectivity index (χ3v) is 1.89. The third kappa shape index (κ3) is 2.62. The molecule has 0 saturated heterocycles. The Balaban J connectivity index is 2.92. The van der Waals surface area contributed by atoms with E-state index in [2.05, 4.69) is 4.74 Å². The van der Waals surface area contributed by atoms with E-state index < -0.39 is 17.6 Å². The van der Waals surface area contributed by atoms with Gasteiger partial charge in [-0.15, -0.1) is 0 Å². The van der Waals surface area contributed by atoms with Crippen LogP contribution in [0.1, 0.15) is 22.8 Å². The molecule has 0 amide bonds. The first-order valence-electron chi connectivity index (χ1n) is 4.54. The van der Waals surface area contributed by atoms with Gasteiger partial charge in [0.2, 0.25) is 0 Å². The summed E-state index contributed by atoms with van der Waals surface area (Å²) in [5.41, 5.74) is 0.437. The number of benzene rings is 1. The monoisotopic (exact) mass is 210 g/mol. The molecular weight excluding hydrogens is 199 g/mol. The molecule has 0 aromatic heterocycles. The van der Waals surface area contributed by atoms with E-state index in [1.165, 1.54) is 12.1 Å². The van der Waals surface area contributed by atoms with Crippen molar-refractivity contribution in [2.24, 2.45) is 0 Å². The first-order chi connectivity index (χ1) is 7.06. The van der Waals surface area contributed by atoms with E-state index in [4.69, 9.17) is 0 Å². The van der Waals surface area contributed by atoms with Gasteiger partial charge in [0.25, 0.3) is 5.78 Å². The molecule has 0 saturated carbocycles. The molecule has 1 aromatic rings. The number of carbonyl (C=O) groups excluding carboxylic acids is 2. The highest BCUT2D eigenvalue weighted by molar-refractivity contribution is 6.40. The molecule has 0 fully saturated rings. The maximum Gasteiger partial charge on any atom is 0.379 e. The predicted molar refractivity (Wildman–Crippen MR) is 52.1 cm³/mol. The molecule has 80 valence electrons. The molecule has 0 heterocycles. The molecule has 0 aliphatic heterocycles. The molecule has 0 unspecified atom stereocenters. The minimum atomic E-state index is -0.958. The molecule has 0 spiro atoms. The van der Waals surface area contributed by atoms with Crippen LogP contribution in [0.3, 0.4) is 0 Å². The predicted octanol–water partition coefficient (Wildman–Crippen LogP) is 1.88. The van der Waals surface area contributed by atoms with Crippen molar-refractivity contribution in [2.45, 2.75) is 13.8 Å². The maximum atomic E-state index is 13.1. The lowest BCUT2D eigenvalue weighted by Crippen LogP contribution is -2.17. The van der Waals surface area contributed by atoms with E-state index in [0.717, 1.165) is 6.07 Å². The first kappa shape index (κ1) is 11.4. The Morgan fingerprint density at radius 3 is 2.60 bits per heavy atom. The van der Waals surface area contributed by atoms with Crippen LogP contribution in [0.2, 0.25) is 0 Å². The van der Waals surface area contributed by atoms with Gasteiger partial charge in [-0.25, -0.2) is 9.18 Å². The zero-order valence-corrected chi connectivity index (χ0v) is 8.54. The number of hydrogen-bond donors (Lipinski definition) is 0. The van der Waals surface area contributed by atoms with E-state index in [0.29, 0.717) is 5.56 Å². The number of halogens is 1. The molecule has 0 aliphatic carbocycles. The van der Waals surface area contributed by atoms with Gasteiger partial charge < -0.3 is 4.74 Å². The molecule has 0 atom stereocenters. The van der Waals surface area contributed by atoms with Crippen molar-refractivity contribution in [3.63, 3.8) is 0 Å². The average Bonchev–Trinajstić information content (AvgIpc) is 2.21. The Morgan fingerprint density at radius 2 is 2.07 bits per heavy atom. The molecule has 1 rings (SSSR count). The normalized spacial score (nSPS) is 9.80. The summed E-state index contributed by atoms with van der Waals surface area (Å²) in [5, 5.41) is 0.